The highest BCUT2D eigenvalue weighted by Gasteiger charge is 2.21. The van der Waals surface area contributed by atoms with Gasteiger partial charge in [-0.15, -0.1) is 0 Å². The van der Waals surface area contributed by atoms with Gasteiger partial charge in [-0.05, 0) is 48.6 Å². The SMILES string of the molecule is CNc1nccc(-c2cc(NC3CCN(c4cc(N)ncn4)CC3)c3cc(OC)ccc3c2)n1. The molecular formula is C25H28N8O. The van der Waals surface area contributed by atoms with E-state index < -0.39 is 0 Å². The Bertz CT molecular complexity index is 1300. The van der Waals surface area contributed by atoms with Gasteiger partial charge in [0.1, 0.15) is 23.7 Å². The molecule has 0 atom stereocenters. The molecule has 0 spiro atoms. The van der Waals surface area contributed by atoms with Crippen LogP contribution in [-0.4, -0.2) is 53.2 Å². The van der Waals surface area contributed by atoms with Crippen LogP contribution < -0.4 is 26.0 Å². The molecular weight excluding hydrogens is 428 g/mol. The number of nitrogens with two attached hydrogens (primary N) is 1. The number of anilines is 4. The Morgan fingerprint density at radius 1 is 1.03 bits per heavy atom. The minimum atomic E-state index is 0.332. The molecule has 1 aliphatic heterocycles. The van der Waals surface area contributed by atoms with E-state index >= 15 is 0 Å². The Morgan fingerprint density at radius 3 is 2.65 bits per heavy atom. The highest BCUT2D eigenvalue weighted by Crippen LogP contribution is 2.34. The number of nitrogens with one attached hydrogen (secondary N) is 2. The first-order valence-corrected chi connectivity index (χ1v) is 11.3. The van der Waals surface area contributed by atoms with Gasteiger partial charge in [-0.2, -0.15) is 0 Å². The minimum absolute atomic E-state index is 0.332. The lowest BCUT2D eigenvalue weighted by Gasteiger charge is -2.34. The van der Waals surface area contributed by atoms with E-state index in [1.165, 1.54) is 6.33 Å². The van der Waals surface area contributed by atoms with Gasteiger partial charge in [-0.1, -0.05) is 6.07 Å². The van der Waals surface area contributed by atoms with Crippen molar-refractivity contribution in [2.45, 2.75) is 18.9 Å². The number of hydrogen-bond donors (Lipinski definition) is 3. The van der Waals surface area contributed by atoms with Gasteiger partial charge in [0.25, 0.3) is 0 Å². The molecule has 1 saturated heterocycles. The van der Waals surface area contributed by atoms with Crippen molar-refractivity contribution in [1.82, 2.24) is 19.9 Å². The van der Waals surface area contributed by atoms with Gasteiger partial charge < -0.3 is 26.0 Å². The maximum Gasteiger partial charge on any atom is 0.222 e. The molecule has 9 heteroatoms. The normalized spacial score (nSPS) is 14.2. The van der Waals surface area contributed by atoms with E-state index in [1.54, 1.807) is 13.3 Å². The number of nitrogens with zero attached hydrogens (tertiary/aromatic N) is 5. The van der Waals surface area contributed by atoms with Gasteiger partial charge in [0, 0.05) is 55.1 Å². The number of piperidine rings is 1. The van der Waals surface area contributed by atoms with Gasteiger partial charge in [-0.25, -0.2) is 19.9 Å². The molecule has 1 fully saturated rings. The van der Waals surface area contributed by atoms with Crippen LogP contribution in [0.4, 0.5) is 23.3 Å². The van der Waals surface area contributed by atoms with Gasteiger partial charge in [0.05, 0.1) is 12.8 Å². The number of fused-ring (bicyclic) bond motifs is 1. The number of methoxy groups -OCH3 is 1. The Hall–Kier alpha value is -4.14. The molecule has 0 saturated carbocycles. The van der Waals surface area contributed by atoms with E-state index in [0.29, 0.717) is 17.8 Å². The van der Waals surface area contributed by atoms with Gasteiger partial charge in [0.2, 0.25) is 5.95 Å². The lowest BCUT2D eigenvalue weighted by Crippen LogP contribution is -2.39. The zero-order chi connectivity index (χ0) is 23.5. The van der Waals surface area contributed by atoms with E-state index in [1.807, 2.05) is 25.2 Å². The Labute approximate surface area is 198 Å². The van der Waals surface area contributed by atoms with E-state index in [4.69, 9.17) is 10.5 Å². The summed E-state index contributed by atoms with van der Waals surface area (Å²) < 4.78 is 5.50. The summed E-state index contributed by atoms with van der Waals surface area (Å²) in [6.07, 6.45) is 5.26. The average Bonchev–Trinajstić information content (AvgIpc) is 2.89. The van der Waals surface area contributed by atoms with Crippen molar-refractivity contribution in [1.29, 1.82) is 0 Å². The van der Waals surface area contributed by atoms with Crippen LogP contribution in [0.15, 0.2) is 55.0 Å². The Balaban J connectivity index is 1.43. The summed E-state index contributed by atoms with van der Waals surface area (Å²) in [4.78, 5) is 19.5. The van der Waals surface area contributed by atoms with Crippen molar-refractivity contribution in [2.24, 2.45) is 0 Å². The number of ether oxygens (including phenoxy) is 1. The van der Waals surface area contributed by atoms with Crippen LogP contribution in [0.2, 0.25) is 0 Å². The van der Waals surface area contributed by atoms with Crippen LogP contribution in [0.5, 0.6) is 5.75 Å². The smallest absolute Gasteiger partial charge is 0.222 e. The van der Waals surface area contributed by atoms with Crippen molar-refractivity contribution >= 4 is 34.0 Å². The molecule has 5 rings (SSSR count). The summed E-state index contributed by atoms with van der Waals surface area (Å²) in [6.45, 7) is 1.79. The predicted molar refractivity (Wildman–Crippen MR) is 136 cm³/mol. The van der Waals surface area contributed by atoms with Crippen LogP contribution >= 0.6 is 0 Å². The standard InChI is InChI=1S/C25H28N8O/c1-27-25-28-8-5-21(32-25)17-11-16-3-4-19(34-2)13-20(16)22(12-17)31-18-6-9-33(10-7-18)24-14-23(26)29-15-30-24/h3-5,8,11-15,18,31H,6-7,9-10H2,1-2H3,(H2,26,29,30)(H,27,28,32). The summed E-state index contributed by atoms with van der Waals surface area (Å²) in [5.41, 5.74) is 8.82. The minimum Gasteiger partial charge on any atom is -0.497 e. The molecule has 34 heavy (non-hydrogen) atoms. The molecule has 0 bridgehead atoms. The zero-order valence-corrected chi connectivity index (χ0v) is 19.3. The summed E-state index contributed by atoms with van der Waals surface area (Å²) in [7, 11) is 3.51. The number of aromatic nitrogens is 4. The zero-order valence-electron chi connectivity index (χ0n) is 19.3. The fourth-order valence-electron chi connectivity index (χ4n) is 4.38. The molecule has 0 radical (unpaired) electrons. The fourth-order valence-corrected chi connectivity index (χ4v) is 4.38. The topological polar surface area (TPSA) is 114 Å². The van der Waals surface area contributed by atoms with Crippen molar-refractivity contribution in [2.75, 3.05) is 48.5 Å². The first kappa shape index (κ1) is 21.7. The van der Waals surface area contributed by atoms with Crippen LogP contribution in [0.25, 0.3) is 22.0 Å². The van der Waals surface area contributed by atoms with E-state index in [-0.39, 0.29) is 0 Å². The third-order valence-electron chi connectivity index (χ3n) is 6.19. The first-order chi connectivity index (χ1) is 16.6. The molecule has 1 aliphatic rings. The summed E-state index contributed by atoms with van der Waals surface area (Å²) >= 11 is 0. The quantitative estimate of drug-likeness (QED) is 0.398. The van der Waals surface area contributed by atoms with Crippen molar-refractivity contribution in [3.05, 3.63) is 55.0 Å². The number of hydrogen-bond acceptors (Lipinski definition) is 9. The molecule has 2 aromatic carbocycles. The maximum atomic E-state index is 5.84. The molecule has 0 aliphatic carbocycles. The largest absolute Gasteiger partial charge is 0.497 e. The second-order valence-corrected chi connectivity index (χ2v) is 8.33. The van der Waals surface area contributed by atoms with E-state index in [2.05, 4.69) is 59.7 Å². The highest BCUT2D eigenvalue weighted by atomic mass is 16.5. The lowest BCUT2D eigenvalue weighted by molar-refractivity contribution is 0.415. The molecule has 174 valence electrons. The Kier molecular flexibility index (Phi) is 5.99. The third-order valence-corrected chi connectivity index (χ3v) is 6.19. The van der Waals surface area contributed by atoms with E-state index in [9.17, 15) is 0 Å². The van der Waals surface area contributed by atoms with Crippen LogP contribution in [0.3, 0.4) is 0 Å². The maximum absolute atomic E-state index is 5.84. The number of benzene rings is 2. The molecule has 9 nitrogen and oxygen atoms in total. The molecule has 0 unspecified atom stereocenters. The number of rotatable bonds is 6. The molecule has 4 N–H and O–H groups in total. The van der Waals surface area contributed by atoms with Gasteiger partial charge in [0.15, 0.2) is 0 Å². The average molecular weight is 457 g/mol. The summed E-state index contributed by atoms with van der Waals surface area (Å²) in [5.74, 6) is 2.81. The molecule has 2 aromatic heterocycles. The van der Waals surface area contributed by atoms with Crippen molar-refractivity contribution < 1.29 is 4.74 Å². The highest BCUT2D eigenvalue weighted by molar-refractivity contribution is 5.98. The van der Waals surface area contributed by atoms with E-state index in [0.717, 1.165) is 65.2 Å². The number of nitrogen functional groups attached to an aromatic ring is 1. The summed E-state index contributed by atoms with van der Waals surface area (Å²) in [6, 6.07) is 14.6. The van der Waals surface area contributed by atoms with Crippen LogP contribution in [0, 0.1) is 0 Å². The summed E-state index contributed by atoms with van der Waals surface area (Å²) in [5, 5.41) is 9.06. The second-order valence-electron chi connectivity index (χ2n) is 8.33. The first-order valence-electron chi connectivity index (χ1n) is 11.3. The molecule has 3 heterocycles. The predicted octanol–water partition coefficient (Wildman–Crippen LogP) is 3.80. The van der Waals surface area contributed by atoms with Gasteiger partial charge >= 0.3 is 0 Å². The lowest BCUT2D eigenvalue weighted by atomic mass is 9.99. The fraction of sp³-hybridized carbons (Fsp3) is 0.280. The Morgan fingerprint density at radius 2 is 1.88 bits per heavy atom. The van der Waals surface area contributed by atoms with Crippen molar-refractivity contribution in [3.63, 3.8) is 0 Å². The van der Waals surface area contributed by atoms with Gasteiger partial charge in [-0.3, -0.25) is 0 Å². The van der Waals surface area contributed by atoms with Crippen molar-refractivity contribution in [3.8, 4) is 17.0 Å². The molecule has 4 aromatic rings. The third kappa shape index (κ3) is 4.50. The van der Waals surface area contributed by atoms with Crippen LogP contribution in [0.1, 0.15) is 12.8 Å². The van der Waals surface area contributed by atoms with Crippen LogP contribution in [-0.2, 0) is 0 Å². The monoisotopic (exact) mass is 456 g/mol. The molecule has 0 amide bonds. The second kappa shape index (κ2) is 9.38.